The summed E-state index contributed by atoms with van der Waals surface area (Å²) in [7, 11) is 0. The maximum absolute atomic E-state index is 13.6. The summed E-state index contributed by atoms with van der Waals surface area (Å²) in [5, 5.41) is 3.43. The minimum atomic E-state index is -0.341. The van der Waals surface area contributed by atoms with Crippen LogP contribution in [0.5, 0.6) is 5.75 Å². The standard InChI is InChI=1S/C17H19FN2O/c18-14-5-4-13-12-20-10-1-3-16(20)17(21-15(13)11-14)6-2-8-19-9-7-17/h1,3-5,10-11,19H,2,6-9,12H2. The number of ether oxygens (including phenoxy) is 1. The molecule has 0 amide bonds. The van der Waals surface area contributed by atoms with Gasteiger partial charge in [-0.25, -0.2) is 4.39 Å². The Bertz CT molecular complexity index is 657. The van der Waals surface area contributed by atoms with Crippen LogP contribution in [0.25, 0.3) is 0 Å². The number of halogens is 1. The number of nitrogens with one attached hydrogen (secondary N) is 1. The van der Waals surface area contributed by atoms with E-state index < -0.39 is 0 Å². The van der Waals surface area contributed by atoms with Crippen LogP contribution in [-0.2, 0) is 12.1 Å². The summed E-state index contributed by atoms with van der Waals surface area (Å²) in [4.78, 5) is 0. The molecular weight excluding hydrogens is 267 g/mol. The van der Waals surface area contributed by atoms with Crippen LogP contribution in [0, 0.1) is 5.82 Å². The van der Waals surface area contributed by atoms with Crippen molar-refractivity contribution in [1.82, 2.24) is 9.88 Å². The summed E-state index contributed by atoms with van der Waals surface area (Å²) in [6.07, 6.45) is 5.03. The smallest absolute Gasteiger partial charge is 0.150 e. The molecule has 0 radical (unpaired) electrons. The van der Waals surface area contributed by atoms with E-state index in [1.54, 1.807) is 0 Å². The minimum absolute atomic E-state index is 0.234. The molecule has 21 heavy (non-hydrogen) atoms. The number of fused-ring (bicyclic) bond motifs is 3. The zero-order valence-electron chi connectivity index (χ0n) is 11.9. The molecule has 2 aromatic rings. The monoisotopic (exact) mass is 286 g/mol. The molecular formula is C17H19FN2O. The van der Waals surface area contributed by atoms with Crippen LogP contribution < -0.4 is 10.1 Å². The second-order valence-corrected chi connectivity index (χ2v) is 5.97. The van der Waals surface area contributed by atoms with E-state index in [2.05, 4.69) is 28.2 Å². The SMILES string of the molecule is Fc1ccc2c(c1)OC1(CCCNCC1)c1cccn1C2. The predicted octanol–water partition coefficient (Wildman–Crippen LogP) is 3.04. The van der Waals surface area contributed by atoms with E-state index in [1.807, 2.05) is 6.07 Å². The molecule has 0 saturated carbocycles. The highest BCUT2D eigenvalue weighted by molar-refractivity contribution is 5.38. The molecule has 1 saturated heterocycles. The molecule has 1 N–H and O–H groups in total. The Morgan fingerprint density at radius 3 is 3.10 bits per heavy atom. The number of hydrogen-bond acceptors (Lipinski definition) is 2. The average Bonchev–Trinajstić information content (AvgIpc) is 2.76. The number of aromatic nitrogens is 1. The zero-order valence-corrected chi connectivity index (χ0v) is 11.9. The van der Waals surface area contributed by atoms with Crippen LogP contribution in [0.4, 0.5) is 4.39 Å². The van der Waals surface area contributed by atoms with E-state index in [0.717, 1.165) is 44.5 Å². The van der Waals surface area contributed by atoms with Gasteiger partial charge in [0.25, 0.3) is 0 Å². The van der Waals surface area contributed by atoms with Crippen LogP contribution in [-0.4, -0.2) is 17.7 Å². The van der Waals surface area contributed by atoms with Gasteiger partial charge in [0.2, 0.25) is 0 Å². The van der Waals surface area contributed by atoms with Crippen LogP contribution in [0.2, 0.25) is 0 Å². The van der Waals surface area contributed by atoms with Crippen molar-refractivity contribution in [3.05, 3.63) is 53.6 Å². The first-order chi connectivity index (χ1) is 10.3. The van der Waals surface area contributed by atoms with Gasteiger partial charge in [0.15, 0.2) is 0 Å². The highest BCUT2D eigenvalue weighted by Crippen LogP contribution is 2.41. The van der Waals surface area contributed by atoms with Gasteiger partial charge in [0.05, 0.1) is 12.2 Å². The Balaban J connectivity index is 1.86. The lowest BCUT2D eigenvalue weighted by atomic mass is 9.90. The van der Waals surface area contributed by atoms with Crippen molar-refractivity contribution < 1.29 is 9.13 Å². The van der Waals surface area contributed by atoms with Gasteiger partial charge in [-0.05, 0) is 44.1 Å². The molecule has 4 rings (SSSR count). The van der Waals surface area contributed by atoms with Crippen molar-refractivity contribution in [1.29, 1.82) is 0 Å². The van der Waals surface area contributed by atoms with E-state index in [4.69, 9.17) is 4.74 Å². The summed E-state index contributed by atoms with van der Waals surface area (Å²) in [6, 6.07) is 9.10. The largest absolute Gasteiger partial charge is 0.481 e. The fourth-order valence-corrected chi connectivity index (χ4v) is 3.56. The molecule has 1 atom stereocenters. The lowest BCUT2D eigenvalue weighted by Gasteiger charge is -2.33. The third-order valence-corrected chi connectivity index (χ3v) is 4.61. The van der Waals surface area contributed by atoms with Crippen LogP contribution in [0.3, 0.4) is 0 Å². The molecule has 1 unspecified atom stereocenters. The van der Waals surface area contributed by atoms with Crippen molar-refractivity contribution >= 4 is 0 Å². The topological polar surface area (TPSA) is 26.2 Å². The summed E-state index contributed by atoms with van der Waals surface area (Å²) >= 11 is 0. The van der Waals surface area contributed by atoms with Crippen molar-refractivity contribution in [3.8, 4) is 5.75 Å². The molecule has 1 aromatic heterocycles. The van der Waals surface area contributed by atoms with Crippen LogP contribution in [0.15, 0.2) is 36.5 Å². The Morgan fingerprint density at radius 2 is 2.14 bits per heavy atom. The third kappa shape index (κ3) is 2.14. The highest BCUT2D eigenvalue weighted by atomic mass is 19.1. The number of hydrogen-bond donors (Lipinski definition) is 1. The molecule has 0 aliphatic carbocycles. The molecule has 3 nitrogen and oxygen atoms in total. The minimum Gasteiger partial charge on any atom is -0.481 e. The summed E-state index contributed by atoms with van der Waals surface area (Å²) in [5.41, 5.74) is 1.91. The number of rotatable bonds is 0. The lowest BCUT2D eigenvalue weighted by Crippen LogP contribution is -2.35. The Hall–Kier alpha value is -1.81. The summed E-state index contributed by atoms with van der Waals surface area (Å²) < 4.78 is 22.3. The Labute approximate surface area is 123 Å². The van der Waals surface area contributed by atoms with Gasteiger partial charge in [-0.1, -0.05) is 6.07 Å². The number of nitrogens with zero attached hydrogens (tertiary/aromatic N) is 1. The van der Waals surface area contributed by atoms with Gasteiger partial charge in [-0.15, -0.1) is 0 Å². The first kappa shape index (κ1) is 12.9. The second-order valence-electron chi connectivity index (χ2n) is 5.97. The fraction of sp³-hybridized carbons (Fsp3) is 0.412. The van der Waals surface area contributed by atoms with E-state index >= 15 is 0 Å². The second kappa shape index (κ2) is 4.88. The van der Waals surface area contributed by atoms with Gasteiger partial charge in [0.1, 0.15) is 17.2 Å². The van der Waals surface area contributed by atoms with Crippen molar-refractivity contribution in [2.75, 3.05) is 13.1 Å². The molecule has 4 heteroatoms. The first-order valence-electron chi connectivity index (χ1n) is 7.61. The van der Waals surface area contributed by atoms with Crippen LogP contribution >= 0.6 is 0 Å². The summed E-state index contributed by atoms with van der Waals surface area (Å²) in [6.45, 7) is 2.69. The van der Waals surface area contributed by atoms with Crippen LogP contribution in [0.1, 0.15) is 30.5 Å². The molecule has 2 aliphatic heterocycles. The van der Waals surface area contributed by atoms with E-state index in [0.29, 0.717) is 5.75 Å². The van der Waals surface area contributed by atoms with E-state index in [1.165, 1.54) is 17.8 Å². The summed E-state index contributed by atoms with van der Waals surface area (Å²) in [5.74, 6) is 0.461. The third-order valence-electron chi connectivity index (χ3n) is 4.61. The molecule has 1 spiro atoms. The Kier molecular flexibility index (Phi) is 3.00. The van der Waals surface area contributed by atoms with Crippen molar-refractivity contribution in [2.45, 2.75) is 31.4 Å². The van der Waals surface area contributed by atoms with Gasteiger partial charge in [-0.2, -0.15) is 0 Å². The molecule has 110 valence electrons. The van der Waals surface area contributed by atoms with E-state index in [-0.39, 0.29) is 11.4 Å². The van der Waals surface area contributed by atoms with Gasteiger partial charge in [0, 0.05) is 24.2 Å². The average molecular weight is 286 g/mol. The van der Waals surface area contributed by atoms with Gasteiger partial charge in [-0.3, -0.25) is 0 Å². The molecule has 1 aromatic carbocycles. The maximum atomic E-state index is 13.6. The van der Waals surface area contributed by atoms with Crippen molar-refractivity contribution in [2.24, 2.45) is 0 Å². The van der Waals surface area contributed by atoms with Gasteiger partial charge < -0.3 is 14.6 Å². The van der Waals surface area contributed by atoms with Crippen molar-refractivity contribution in [3.63, 3.8) is 0 Å². The van der Waals surface area contributed by atoms with E-state index in [9.17, 15) is 4.39 Å². The lowest BCUT2D eigenvalue weighted by molar-refractivity contribution is 0.0483. The normalized spacial score (nSPS) is 24.6. The fourth-order valence-electron chi connectivity index (χ4n) is 3.56. The highest BCUT2D eigenvalue weighted by Gasteiger charge is 2.39. The molecule has 2 aliphatic rings. The predicted molar refractivity (Wildman–Crippen MR) is 79.0 cm³/mol. The number of benzene rings is 1. The molecule has 3 heterocycles. The molecule has 0 bridgehead atoms. The first-order valence-corrected chi connectivity index (χ1v) is 7.61. The molecule has 1 fully saturated rings. The zero-order chi connectivity index (χ0) is 14.3. The maximum Gasteiger partial charge on any atom is 0.150 e. The van der Waals surface area contributed by atoms with Gasteiger partial charge >= 0.3 is 0 Å². The Morgan fingerprint density at radius 1 is 1.19 bits per heavy atom. The quantitative estimate of drug-likeness (QED) is 0.805.